The zero-order valence-corrected chi connectivity index (χ0v) is 14.4. The fourth-order valence-electron chi connectivity index (χ4n) is 2.70. The predicted octanol–water partition coefficient (Wildman–Crippen LogP) is 1.09. The molecule has 0 bridgehead atoms. The molecular weight excluding hydrogens is 349 g/mol. The number of ether oxygens (including phenoxy) is 2. The van der Waals surface area contributed by atoms with Crippen LogP contribution in [0, 0.1) is 15.9 Å². The molecule has 144 valence electrons. The number of carbonyl (C=O) groups excluding carboxylic acids is 1. The molecule has 0 radical (unpaired) electrons. The Hall–Kier alpha value is -2.46. The largest absolute Gasteiger partial charge is 0.446 e. The van der Waals surface area contributed by atoms with Crippen molar-refractivity contribution in [2.45, 2.75) is 19.1 Å². The molecule has 9 nitrogen and oxygen atoms in total. The fraction of sp³-hybridized carbons (Fsp3) is 0.562. The van der Waals surface area contributed by atoms with E-state index < -0.39 is 35.6 Å². The summed E-state index contributed by atoms with van der Waals surface area (Å²) in [5.41, 5.74) is 0.323. The van der Waals surface area contributed by atoms with Crippen LogP contribution >= 0.6 is 0 Å². The van der Waals surface area contributed by atoms with Crippen LogP contribution in [-0.2, 0) is 9.47 Å². The van der Waals surface area contributed by atoms with Crippen molar-refractivity contribution in [1.82, 2.24) is 5.32 Å². The van der Waals surface area contributed by atoms with E-state index in [1.54, 1.807) is 11.8 Å². The normalized spacial score (nSPS) is 16.7. The first-order valence-electron chi connectivity index (χ1n) is 8.28. The minimum Gasteiger partial charge on any atom is -0.446 e. The lowest BCUT2D eigenvalue weighted by Gasteiger charge is -2.29. The van der Waals surface area contributed by atoms with Gasteiger partial charge in [0.05, 0.1) is 18.9 Å². The highest BCUT2D eigenvalue weighted by Crippen LogP contribution is 2.27. The van der Waals surface area contributed by atoms with E-state index in [-0.39, 0.29) is 5.56 Å². The molecule has 1 heterocycles. The molecule has 1 saturated heterocycles. The maximum absolute atomic E-state index is 14.5. The fourth-order valence-corrected chi connectivity index (χ4v) is 2.70. The first-order chi connectivity index (χ1) is 12.4. The van der Waals surface area contributed by atoms with Crippen LogP contribution in [0.25, 0.3) is 0 Å². The molecule has 0 spiro atoms. The van der Waals surface area contributed by atoms with Crippen LogP contribution in [0.15, 0.2) is 18.2 Å². The summed E-state index contributed by atoms with van der Waals surface area (Å²) in [6.45, 7) is 3.43. The van der Waals surface area contributed by atoms with Gasteiger partial charge >= 0.3 is 6.09 Å². The monoisotopic (exact) mass is 371 g/mol. The number of carbonyl (C=O) groups is 1. The molecule has 1 aliphatic rings. The maximum Gasteiger partial charge on any atom is 0.407 e. The van der Waals surface area contributed by atoms with E-state index >= 15 is 0 Å². The summed E-state index contributed by atoms with van der Waals surface area (Å²) in [7, 11) is 0. The lowest BCUT2D eigenvalue weighted by atomic mass is 10.0. The number of alkyl carbamates (subject to hydrolysis) is 1. The van der Waals surface area contributed by atoms with E-state index in [1.165, 1.54) is 12.1 Å². The number of halogens is 1. The van der Waals surface area contributed by atoms with E-state index in [0.717, 1.165) is 6.07 Å². The number of hydrogen-bond donors (Lipinski definition) is 2. The third kappa shape index (κ3) is 5.02. The first kappa shape index (κ1) is 19.9. The predicted molar refractivity (Wildman–Crippen MR) is 90.2 cm³/mol. The summed E-state index contributed by atoms with van der Waals surface area (Å²) in [4.78, 5) is 23.7. The number of aliphatic hydroxyl groups is 1. The van der Waals surface area contributed by atoms with Gasteiger partial charge in [-0.2, -0.15) is 0 Å². The van der Waals surface area contributed by atoms with E-state index in [4.69, 9.17) is 9.47 Å². The Balaban J connectivity index is 2.12. The van der Waals surface area contributed by atoms with Gasteiger partial charge < -0.3 is 24.8 Å². The van der Waals surface area contributed by atoms with Crippen molar-refractivity contribution in [2.24, 2.45) is 0 Å². The number of nitrogens with zero attached hydrogens (tertiary/aromatic N) is 2. The van der Waals surface area contributed by atoms with Gasteiger partial charge in [-0.15, -0.1) is 0 Å². The average Bonchev–Trinajstić information content (AvgIpc) is 2.61. The van der Waals surface area contributed by atoms with E-state index in [1.807, 2.05) is 0 Å². The molecule has 1 aliphatic heterocycles. The molecule has 2 N–H and O–H groups in total. The van der Waals surface area contributed by atoms with Gasteiger partial charge in [-0.3, -0.25) is 10.1 Å². The SMILES string of the molecule is CCNC(=O)OCC(O)C(c1ccc(N2CCOCC2)c(F)c1)[N+](=O)[O-]. The molecule has 2 unspecified atom stereocenters. The molecule has 0 saturated carbocycles. The minimum absolute atomic E-state index is 0.00323. The van der Waals surface area contributed by atoms with Crippen LogP contribution in [0.5, 0.6) is 0 Å². The molecule has 1 aromatic rings. The van der Waals surface area contributed by atoms with Crippen molar-refractivity contribution in [1.29, 1.82) is 0 Å². The lowest BCUT2D eigenvalue weighted by Crippen LogP contribution is -2.37. The summed E-state index contributed by atoms with van der Waals surface area (Å²) in [5, 5.41) is 23.8. The van der Waals surface area contributed by atoms with Crippen molar-refractivity contribution < 1.29 is 28.7 Å². The molecule has 10 heteroatoms. The van der Waals surface area contributed by atoms with Gasteiger partial charge in [0, 0.05) is 30.1 Å². The number of aliphatic hydroxyl groups excluding tert-OH is 1. The Labute approximate surface area is 149 Å². The quantitative estimate of drug-likeness (QED) is 0.545. The summed E-state index contributed by atoms with van der Waals surface area (Å²) in [6, 6.07) is 2.27. The van der Waals surface area contributed by atoms with Crippen LogP contribution < -0.4 is 10.2 Å². The summed E-state index contributed by atoms with van der Waals surface area (Å²) >= 11 is 0. The number of rotatable bonds is 7. The minimum atomic E-state index is -1.61. The summed E-state index contributed by atoms with van der Waals surface area (Å²) < 4.78 is 24.4. The standard InChI is InChI=1S/C16H22FN3O6/c1-2-18-16(22)26-10-14(21)15(20(23)24)11-3-4-13(12(17)9-11)19-5-7-25-8-6-19/h3-4,9,14-15,21H,2,5-8,10H2,1H3,(H,18,22). The van der Waals surface area contributed by atoms with Gasteiger partial charge in [-0.25, -0.2) is 9.18 Å². The zero-order chi connectivity index (χ0) is 19.1. The second-order valence-electron chi connectivity index (χ2n) is 5.74. The van der Waals surface area contributed by atoms with Crippen molar-refractivity contribution in [3.05, 3.63) is 39.7 Å². The molecule has 1 amide bonds. The van der Waals surface area contributed by atoms with Crippen molar-refractivity contribution in [3.8, 4) is 0 Å². The van der Waals surface area contributed by atoms with Gasteiger partial charge in [0.15, 0.2) is 6.10 Å². The number of amides is 1. The van der Waals surface area contributed by atoms with E-state index in [0.29, 0.717) is 38.5 Å². The Morgan fingerprint density at radius 2 is 2.19 bits per heavy atom. The molecule has 26 heavy (non-hydrogen) atoms. The molecule has 1 fully saturated rings. The molecule has 0 aromatic heterocycles. The van der Waals surface area contributed by atoms with Crippen molar-refractivity contribution in [3.63, 3.8) is 0 Å². The number of anilines is 1. The number of morpholine rings is 1. The summed E-state index contributed by atoms with van der Waals surface area (Å²) in [5.74, 6) is -0.618. The molecule has 2 atom stereocenters. The van der Waals surface area contributed by atoms with Crippen molar-refractivity contribution >= 4 is 11.8 Å². The highest BCUT2D eigenvalue weighted by Gasteiger charge is 2.34. The van der Waals surface area contributed by atoms with Crippen LogP contribution in [-0.4, -0.2) is 61.7 Å². The number of benzene rings is 1. The second kappa shape index (κ2) is 9.30. The Bertz CT molecular complexity index is 638. The zero-order valence-electron chi connectivity index (χ0n) is 14.4. The molecule has 1 aromatic carbocycles. The topological polar surface area (TPSA) is 114 Å². The third-order valence-corrected chi connectivity index (χ3v) is 3.96. The number of hydrogen-bond acceptors (Lipinski definition) is 7. The van der Waals surface area contributed by atoms with E-state index in [2.05, 4.69) is 5.32 Å². The molecule has 2 rings (SSSR count). The van der Waals surface area contributed by atoms with Crippen LogP contribution in [0.1, 0.15) is 18.5 Å². The maximum atomic E-state index is 14.5. The van der Waals surface area contributed by atoms with Crippen LogP contribution in [0.3, 0.4) is 0 Å². The van der Waals surface area contributed by atoms with Crippen molar-refractivity contribution in [2.75, 3.05) is 44.4 Å². The first-order valence-corrected chi connectivity index (χ1v) is 8.28. The Morgan fingerprint density at radius 1 is 1.50 bits per heavy atom. The van der Waals surface area contributed by atoms with Gasteiger partial charge in [0.1, 0.15) is 12.4 Å². The van der Waals surface area contributed by atoms with E-state index in [9.17, 15) is 24.4 Å². The van der Waals surface area contributed by atoms with Gasteiger partial charge in [0.25, 0.3) is 6.04 Å². The Morgan fingerprint density at radius 3 is 2.77 bits per heavy atom. The summed E-state index contributed by atoms with van der Waals surface area (Å²) in [6.07, 6.45) is -2.40. The molecular formula is C16H22FN3O6. The highest BCUT2D eigenvalue weighted by molar-refractivity contribution is 5.67. The number of nitro groups is 1. The second-order valence-corrected chi connectivity index (χ2v) is 5.74. The Kier molecular flexibility index (Phi) is 7.10. The smallest absolute Gasteiger partial charge is 0.407 e. The van der Waals surface area contributed by atoms with Crippen LogP contribution in [0.4, 0.5) is 14.9 Å². The highest BCUT2D eigenvalue weighted by atomic mass is 19.1. The van der Waals surface area contributed by atoms with Crippen LogP contribution in [0.2, 0.25) is 0 Å². The van der Waals surface area contributed by atoms with Gasteiger partial charge in [0.2, 0.25) is 0 Å². The molecule has 0 aliphatic carbocycles. The van der Waals surface area contributed by atoms with Gasteiger partial charge in [-0.1, -0.05) is 0 Å². The lowest BCUT2D eigenvalue weighted by molar-refractivity contribution is -0.541. The van der Waals surface area contributed by atoms with Gasteiger partial charge in [-0.05, 0) is 25.1 Å². The number of nitrogens with one attached hydrogen (secondary N) is 1. The third-order valence-electron chi connectivity index (χ3n) is 3.96. The average molecular weight is 371 g/mol.